The van der Waals surface area contributed by atoms with Crippen molar-refractivity contribution in [3.8, 4) is 44.8 Å². The number of esters is 1. The van der Waals surface area contributed by atoms with Gasteiger partial charge in [0.05, 0.1) is 75.0 Å². The number of benzene rings is 6. The molecular weight excluding hydrogens is 1440 g/mol. The highest BCUT2D eigenvalue weighted by Gasteiger charge is 2.33. The molecule has 0 saturated heterocycles. The summed E-state index contributed by atoms with van der Waals surface area (Å²) in [5, 5.41) is 15.4. The number of thiophene rings is 1. The number of ether oxygens (including phenoxy) is 1. The van der Waals surface area contributed by atoms with Gasteiger partial charge in [-0.05, 0) is 133 Å². The minimum atomic E-state index is -4.53. The third-order valence-corrected chi connectivity index (χ3v) is 17.6. The van der Waals surface area contributed by atoms with E-state index in [9.17, 15) is 59.1 Å². The van der Waals surface area contributed by atoms with Gasteiger partial charge in [0, 0.05) is 58.4 Å². The maximum atomic E-state index is 13.7. The lowest BCUT2D eigenvalue weighted by atomic mass is 9.97. The molecule has 0 bridgehead atoms. The number of nitrogens with two attached hydrogens (primary N) is 1. The number of anilines is 5. The second-order valence-corrected chi connectivity index (χ2v) is 25.3. The fourth-order valence-electron chi connectivity index (χ4n) is 10.4. The van der Waals surface area contributed by atoms with Crippen molar-refractivity contribution in [3.63, 3.8) is 0 Å². The van der Waals surface area contributed by atoms with E-state index in [2.05, 4.69) is 69.4 Å². The van der Waals surface area contributed by atoms with E-state index in [1.807, 2.05) is 31.2 Å². The van der Waals surface area contributed by atoms with E-state index in [0.717, 1.165) is 115 Å². The van der Waals surface area contributed by atoms with Crippen LogP contribution in [0.2, 0.25) is 15.1 Å². The highest BCUT2D eigenvalue weighted by molar-refractivity contribution is 7.15. The molecule has 104 heavy (non-hydrogen) atoms. The van der Waals surface area contributed by atoms with Crippen LogP contribution in [0.1, 0.15) is 112 Å². The Kier molecular flexibility index (Phi) is 26.7. The van der Waals surface area contributed by atoms with Gasteiger partial charge in [-0.3, -0.25) is 29.1 Å². The lowest BCUT2D eigenvalue weighted by Crippen LogP contribution is -2.16. The summed E-state index contributed by atoms with van der Waals surface area (Å²) < 4.78 is 111. The van der Waals surface area contributed by atoms with E-state index in [-0.39, 0.29) is 80.6 Å². The summed E-state index contributed by atoms with van der Waals surface area (Å²) >= 11 is 19.4. The summed E-state index contributed by atoms with van der Waals surface area (Å²) in [5.74, 6) is -3.12. The summed E-state index contributed by atoms with van der Waals surface area (Å²) in [6, 6.07) is 35.0. The minimum Gasteiger partial charge on any atom is -0.465 e. The van der Waals surface area contributed by atoms with Crippen molar-refractivity contribution in [1.82, 2.24) is 29.9 Å². The van der Waals surface area contributed by atoms with Crippen LogP contribution in [-0.4, -0.2) is 66.6 Å². The highest BCUT2D eigenvalue weighted by atomic mass is 35.5. The van der Waals surface area contributed by atoms with Gasteiger partial charge in [0.15, 0.2) is 11.6 Å². The van der Waals surface area contributed by atoms with Gasteiger partial charge in [0.1, 0.15) is 39.4 Å². The van der Waals surface area contributed by atoms with Crippen molar-refractivity contribution in [2.75, 3.05) is 34.1 Å². The van der Waals surface area contributed by atoms with Gasteiger partial charge in [-0.1, -0.05) is 122 Å². The second-order valence-electron chi connectivity index (χ2n) is 23.1. The maximum absolute atomic E-state index is 13.7. The molecule has 0 aliphatic carbocycles. The largest absolute Gasteiger partial charge is 0.465 e. The van der Waals surface area contributed by atoms with Crippen LogP contribution in [-0.2, 0) is 26.7 Å². The van der Waals surface area contributed by atoms with E-state index in [1.54, 1.807) is 60.2 Å². The zero-order chi connectivity index (χ0) is 74.7. The number of rotatable bonds is 22. The van der Waals surface area contributed by atoms with Crippen LogP contribution in [0.4, 0.5) is 63.4 Å². The summed E-state index contributed by atoms with van der Waals surface area (Å²) in [5.41, 5.74) is 8.99. The fraction of sp³-hybridized carbons (Fsp3) is 0.187. The van der Waals surface area contributed by atoms with Crippen LogP contribution in [0.25, 0.3) is 55.5 Å². The molecule has 4 amide bonds. The molecule has 0 radical (unpaired) electrons. The number of carbonyl (C=O) groups is 5. The molecule has 11 aromatic rings. The first-order chi connectivity index (χ1) is 49.7. The van der Waals surface area contributed by atoms with Gasteiger partial charge < -0.3 is 31.7 Å². The molecule has 5 heterocycles. The Bertz CT molecular complexity index is 4720. The van der Waals surface area contributed by atoms with Gasteiger partial charge in [-0.2, -0.15) is 26.3 Å². The number of nitrogens with zero attached hydrogens (tertiary/aromatic N) is 6. The first-order valence-electron chi connectivity index (χ1n) is 31.9. The molecule has 0 fully saturated rings. The number of hydrogen-bond donors (Lipinski definition) is 5. The number of unbranched alkanes of at least 4 members (excludes halogenated alkanes) is 7. The molecule has 0 aliphatic heterocycles. The molecule has 0 saturated carbocycles. The Labute approximate surface area is 609 Å². The topological polar surface area (TPSA) is 246 Å². The molecule has 0 spiro atoms. The predicted molar refractivity (Wildman–Crippen MR) is 387 cm³/mol. The number of alkyl halides is 6. The van der Waals surface area contributed by atoms with Crippen molar-refractivity contribution >= 4 is 115 Å². The van der Waals surface area contributed by atoms with Gasteiger partial charge in [0.25, 0.3) is 11.8 Å². The van der Waals surface area contributed by atoms with Gasteiger partial charge in [-0.15, -0.1) is 11.3 Å². The zero-order valence-electron chi connectivity index (χ0n) is 55.2. The van der Waals surface area contributed by atoms with Crippen molar-refractivity contribution in [1.29, 1.82) is 0 Å². The molecule has 5 aromatic heterocycles. The number of halogens is 11. The summed E-state index contributed by atoms with van der Waals surface area (Å²) in [7, 11) is 1.30. The molecular formula is C75H62Cl3F8N11O6S. The third-order valence-electron chi connectivity index (χ3n) is 15.8. The number of fused-ring (bicyclic) bond motifs is 1. The fourth-order valence-corrected chi connectivity index (χ4v) is 11.9. The molecule has 0 unspecified atom stereocenters. The Morgan fingerprint density at radius 2 is 0.923 bits per heavy atom. The molecule has 17 nitrogen and oxygen atoms in total. The molecule has 6 aromatic carbocycles. The number of hydrogen-bond acceptors (Lipinski definition) is 14. The number of amides is 4. The lowest BCUT2D eigenvalue weighted by molar-refractivity contribution is -0.138. The van der Waals surface area contributed by atoms with Crippen LogP contribution in [0, 0.1) is 18.6 Å². The number of nitrogens with one attached hydrogen (secondary N) is 4. The standard InChI is InChI=1S/C34H32Cl2F6N6O2.C23H16F2N2O.C18H14ClN3O3S/c35-25-13-11-21(33(37,38)39)15-23(25)27-17-45-29(19-43-27)47-31(49)9-7-5-3-1-2-4-6-8-10-32(50)48-30-20-44-28(18-46-30)24-16-22(34(40,41)42)12-14-26(24)36;1-14-11-15-5-2-3-6-16(15)12-18(14)17-9-10-21(26-13-17)27-23(28)22-19(24)7-4-8-20(22)25;1-25-18(24)15-12(9-26-16(15)20)10-6-7-14(21-8-10)22-17(23)11-4-2-3-5-13(11)19/h11-20H,1-10H2,(H,45,47,49)(H,46,48,50);2-13H,1H3,(H,26,27,28);2-9H,20H2,1H3,(H,21,22,23). The van der Waals surface area contributed by atoms with E-state index in [4.69, 9.17) is 45.3 Å². The summed E-state index contributed by atoms with van der Waals surface area (Å²) in [6.45, 7) is 2.03. The molecule has 0 atom stereocenters. The Morgan fingerprint density at radius 1 is 0.462 bits per heavy atom. The van der Waals surface area contributed by atoms with Crippen LogP contribution < -0.4 is 27.0 Å². The van der Waals surface area contributed by atoms with Crippen LogP contribution >= 0.6 is 46.1 Å². The highest BCUT2D eigenvalue weighted by Crippen LogP contribution is 2.39. The average molecular weight is 1500 g/mol. The van der Waals surface area contributed by atoms with Gasteiger partial charge in [-0.25, -0.2) is 33.5 Å². The predicted octanol–water partition coefficient (Wildman–Crippen LogP) is 20.2. The van der Waals surface area contributed by atoms with Crippen molar-refractivity contribution in [2.45, 2.75) is 83.5 Å². The second kappa shape index (κ2) is 35.9. The van der Waals surface area contributed by atoms with Crippen molar-refractivity contribution < 1.29 is 63.8 Å². The summed E-state index contributed by atoms with van der Waals surface area (Å²) in [4.78, 5) is 85.7. The Hall–Kier alpha value is -10.8. The normalized spacial score (nSPS) is 11.2. The monoisotopic (exact) mass is 1500 g/mol. The van der Waals surface area contributed by atoms with Gasteiger partial charge in [0.2, 0.25) is 11.8 Å². The van der Waals surface area contributed by atoms with Crippen LogP contribution in [0.15, 0.2) is 182 Å². The SMILES string of the molecule is COC(=O)c1c(-c2ccc(NC(=O)c3ccccc3Cl)nc2)csc1N.Cc1cc2ccccc2cc1-c1ccc(NC(=O)c2c(F)cccc2F)nc1.O=C(CCCCCCCCCCC(=O)Nc1cnc(-c2cc(C(F)(F)F)ccc2Cl)cn1)Nc1cnc(-c2cc(C(F)(F)F)ccc2Cl)cn1. The smallest absolute Gasteiger partial charge is 0.416 e. The van der Waals surface area contributed by atoms with Crippen molar-refractivity contribution in [3.05, 3.63) is 242 Å². The van der Waals surface area contributed by atoms with E-state index in [1.165, 1.54) is 49.3 Å². The van der Waals surface area contributed by atoms with E-state index >= 15 is 0 Å². The molecule has 536 valence electrons. The number of carbonyl (C=O) groups excluding carboxylic acids is 5. The van der Waals surface area contributed by atoms with E-state index in [0.29, 0.717) is 50.9 Å². The lowest BCUT2D eigenvalue weighted by Gasteiger charge is -2.10. The zero-order valence-corrected chi connectivity index (χ0v) is 58.3. The molecule has 11 rings (SSSR count). The van der Waals surface area contributed by atoms with Crippen molar-refractivity contribution in [2.24, 2.45) is 0 Å². The molecule has 6 N–H and O–H groups in total. The quantitative estimate of drug-likeness (QED) is 0.0241. The average Bonchev–Trinajstić information content (AvgIpc) is 1.18. The minimum absolute atomic E-state index is 0.0837. The number of methoxy groups -OCH3 is 1. The maximum Gasteiger partial charge on any atom is 0.416 e. The summed E-state index contributed by atoms with van der Waals surface area (Å²) in [6.07, 6.45) is 6.64. The molecule has 29 heteroatoms. The van der Waals surface area contributed by atoms with Crippen LogP contribution in [0.5, 0.6) is 0 Å². The molecule has 0 aliphatic rings. The number of pyridine rings is 2. The number of aromatic nitrogens is 6. The van der Waals surface area contributed by atoms with Crippen LogP contribution in [0.3, 0.4) is 0 Å². The number of aryl methyl sites for hydroxylation is 1. The van der Waals surface area contributed by atoms with E-state index < -0.39 is 52.6 Å². The van der Waals surface area contributed by atoms with Gasteiger partial charge >= 0.3 is 18.3 Å². The number of nitrogen functional groups attached to an aromatic ring is 1. The first-order valence-corrected chi connectivity index (χ1v) is 33.9. The Morgan fingerprint density at radius 3 is 1.38 bits per heavy atom. The third kappa shape index (κ3) is 21.2. The first kappa shape index (κ1) is 77.4. The Balaban J connectivity index is 0.000000196.